The molecule has 0 saturated carbocycles. The topological polar surface area (TPSA) is 110 Å². The van der Waals surface area contributed by atoms with E-state index in [4.69, 9.17) is 16.7 Å². The van der Waals surface area contributed by atoms with Gasteiger partial charge in [-0.05, 0) is 18.2 Å². The summed E-state index contributed by atoms with van der Waals surface area (Å²) < 4.78 is 0. The minimum atomic E-state index is -1.16. The molecule has 9 heteroatoms. The Morgan fingerprint density at radius 1 is 1.23 bits per heavy atom. The van der Waals surface area contributed by atoms with E-state index in [1.165, 1.54) is 30.0 Å². The molecule has 0 aliphatic carbocycles. The van der Waals surface area contributed by atoms with Gasteiger partial charge >= 0.3 is 5.97 Å². The molecule has 0 heterocycles. The summed E-state index contributed by atoms with van der Waals surface area (Å²) in [6.45, 7) is 0. The number of benzene rings is 2. The van der Waals surface area contributed by atoms with Crippen LogP contribution in [0.1, 0.15) is 18.0 Å². The third-order valence-electron chi connectivity index (χ3n) is 3.39. The van der Waals surface area contributed by atoms with Crippen molar-refractivity contribution < 1.29 is 19.6 Å². The summed E-state index contributed by atoms with van der Waals surface area (Å²) in [5.74, 6) is -1.48. The van der Waals surface area contributed by atoms with Crippen molar-refractivity contribution in [1.82, 2.24) is 5.32 Å². The Bertz CT molecular complexity index is 816. The highest BCUT2D eigenvalue weighted by Gasteiger charge is 2.23. The molecule has 1 amide bonds. The van der Waals surface area contributed by atoms with Crippen LogP contribution >= 0.6 is 23.4 Å². The Morgan fingerprint density at radius 3 is 2.54 bits per heavy atom. The maximum atomic E-state index is 12.2. The van der Waals surface area contributed by atoms with Crippen molar-refractivity contribution in [3.05, 3.63) is 69.2 Å². The van der Waals surface area contributed by atoms with Crippen molar-refractivity contribution in [2.45, 2.75) is 17.4 Å². The second-order valence-electron chi connectivity index (χ2n) is 5.28. The lowest BCUT2D eigenvalue weighted by Gasteiger charge is -2.18. The first kappa shape index (κ1) is 19.7. The summed E-state index contributed by atoms with van der Waals surface area (Å²) in [5.41, 5.74) is -0.0333. The first-order chi connectivity index (χ1) is 12.4. The lowest BCUT2D eigenvalue weighted by molar-refractivity contribution is -0.384. The van der Waals surface area contributed by atoms with E-state index >= 15 is 0 Å². The molecule has 2 aromatic rings. The van der Waals surface area contributed by atoms with E-state index in [2.05, 4.69) is 5.32 Å². The fraction of sp³-hybridized carbons (Fsp3) is 0.176. The smallest absolute Gasteiger partial charge is 0.305 e. The number of non-ortho nitro benzene ring substituents is 1. The van der Waals surface area contributed by atoms with Gasteiger partial charge in [0.15, 0.2) is 0 Å². The van der Waals surface area contributed by atoms with Crippen molar-refractivity contribution in [2.75, 3.05) is 5.75 Å². The van der Waals surface area contributed by atoms with Crippen LogP contribution in [0, 0.1) is 10.1 Å². The van der Waals surface area contributed by atoms with Crippen molar-refractivity contribution in [3.63, 3.8) is 0 Å². The summed E-state index contributed by atoms with van der Waals surface area (Å²) in [4.78, 5) is 34.6. The van der Waals surface area contributed by atoms with Crippen molar-refractivity contribution >= 4 is 40.9 Å². The number of carbonyl (C=O) groups is 2. The highest BCUT2D eigenvalue weighted by atomic mass is 35.5. The monoisotopic (exact) mass is 394 g/mol. The fourth-order valence-electron chi connectivity index (χ4n) is 2.23. The Labute approximate surface area is 158 Å². The van der Waals surface area contributed by atoms with Gasteiger partial charge in [0.25, 0.3) is 5.69 Å². The number of thioether (sulfide) groups is 1. The zero-order chi connectivity index (χ0) is 19.1. The van der Waals surface area contributed by atoms with Gasteiger partial charge in [-0.15, -0.1) is 11.8 Å². The molecule has 0 bridgehead atoms. The van der Waals surface area contributed by atoms with Gasteiger partial charge in [0, 0.05) is 27.6 Å². The molecule has 0 spiro atoms. The minimum Gasteiger partial charge on any atom is -0.481 e. The van der Waals surface area contributed by atoms with Gasteiger partial charge in [0.1, 0.15) is 0 Å². The molecule has 1 atom stereocenters. The number of hydrogen-bond acceptors (Lipinski definition) is 5. The number of hydrogen-bond donors (Lipinski definition) is 2. The fourth-order valence-corrected chi connectivity index (χ4v) is 3.21. The van der Waals surface area contributed by atoms with Crippen LogP contribution in [0.5, 0.6) is 0 Å². The predicted molar refractivity (Wildman–Crippen MR) is 98.4 cm³/mol. The molecule has 0 unspecified atom stereocenters. The third kappa shape index (κ3) is 5.75. The Kier molecular flexibility index (Phi) is 6.99. The van der Waals surface area contributed by atoms with Crippen molar-refractivity contribution in [1.29, 1.82) is 0 Å². The number of amides is 1. The number of nitrogens with zero attached hydrogens (tertiary/aromatic N) is 1. The van der Waals surface area contributed by atoms with Crippen LogP contribution in [0.15, 0.2) is 53.4 Å². The molecule has 0 aromatic heterocycles. The number of carboxylic acid groups (broad SMARTS) is 1. The summed E-state index contributed by atoms with van der Waals surface area (Å²) >= 11 is 7.36. The second-order valence-corrected chi connectivity index (χ2v) is 6.74. The third-order valence-corrected chi connectivity index (χ3v) is 4.75. The van der Waals surface area contributed by atoms with Gasteiger partial charge in [-0.25, -0.2) is 0 Å². The SMILES string of the molecule is O=C(O)C[C@@H](NC(=O)CSc1ccccc1)c1cc([N+](=O)[O-])ccc1Cl. The average molecular weight is 395 g/mol. The Hall–Kier alpha value is -2.58. The van der Waals surface area contributed by atoms with Crippen LogP contribution in [0.2, 0.25) is 5.02 Å². The van der Waals surface area contributed by atoms with E-state index in [-0.39, 0.29) is 22.0 Å². The molecule has 2 aromatic carbocycles. The molecule has 2 N–H and O–H groups in total. The van der Waals surface area contributed by atoms with Gasteiger partial charge in [0.05, 0.1) is 23.1 Å². The normalized spacial score (nSPS) is 11.6. The first-order valence-corrected chi connectivity index (χ1v) is 8.86. The van der Waals surface area contributed by atoms with Gasteiger partial charge in [-0.1, -0.05) is 29.8 Å². The zero-order valence-electron chi connectivity index (χ0n) is 13.4. The number of nitrogens with one attached hydrogen (secondary N) is 1. The number of halogens is 1. The van der Waals surface area contributed by atoms with Gasteiger partial charge < -0.3 is 10.4 Å². The molecule has 136 valence electrons. The molecule has 0 aliphatic rings. The number of nitro groups is 1. The molecule has 7 nitrogen and oxygen atoms in total. The number of aliphatic carboxylic acids is 1. The molecule has 0 aliphatic heterocycles. The van der Waals surface area contributed by atoms with Gasteiger partial charge in [0.2, 0.25) is 5.91 Å². The van der Waals surface area contributed by atoms with E-state index in [0.29, 0.717) is 0 Å². The first-order valence-electron chi connectivity index (χ1n) is 7.49. The van der Waals surface area contributed by atoms with Gasteiger partial charge in [-0.2, -0.15) is 0 Å². The largest absolute Gasteiger partial charge is 0.481 e. The quantitative estimate of drug-likeness (QED) is 0.401. The van der Waals surface area contributed by atoms with Crippen LogP contribution in [0.3, 0.4) is 0 Å². The van der Waals surface area contributed by atoms with E-state index in [0.717, 1.165) is 4.90 Å². The Balaban J connectivity index is 2.14. The summed E-state index contributed by atoms with van der Waals surface area (Å²) in [6, 6.07) is 12.0. The molecule has 26 heavy (non-hydrogen) atoms. The van der Waals surface area contributed by atoms with E-state index in [1.807, 2.05) is 30.3 Å². The van der Waals surface area contributed by atoms with Crippen LogP contribution in [-0.2, 0) is 9.59 Å². The lowest BCUT2D eigenvalue weighted by atomic mass is 10.0. The number of carboxylic acids is 1. The average Bonchev–Trinajstić information content (AvgIpc) is 2.60. The zero-order valence-corrected chi connectivity index (χ0v) is 15.0. The van der Waals surface area contributed by atoms with Gasteiger partial charge in [-0.3, -0.25) is 19.7 Å². The molecule has 0 saturated heterocycles. The van der Waals surface area contributed by atoms with E-state index < -0.39 is 29.3 Å². The van der Waals surface area contributed by atoms with Crippen LogP contribution in [-0.4, -0.2) is 27.7 Å². The standard InChI is InChI=1S/C17H15ClN2O5S/c18-14-7-6-11(20(24)25)8-13(14)15(9-17(22)23)19-16(21)10-26-12-4-2-1-3-5-12/h1-8,15H,9-10H2,(H,19,21)(H,22,23)/t15-/m1/s1. The molecular weight excluding hydrogens is 380 g/mol. The highest BCUT2D eigenvalue weighted by molar-refractivity contribution is 8.00. The number of rotatable bonds is 8. The summed E-state index contributed by atoms with van der Waals surface area (Å²) in [5, 5.41) is 22.8. The molecule has 0 fully saturated rings. The van der Waals surface area contributed by atoms with Crippen LogP contribution in [0.4, 0.5) is 5.69 Å². The maximum absolute atomic E-state index is 12.2. The number of carbonyl (C=O) groups excluding carboxylic acids is 1. The summed E-state index contributed by atoms with van der Waals surface area (Å²) in [7, 11) is 0. The van der Waals surface area contributed by atoms with Crippen LogP contribution in [0.25, 0.3) is 0 Å². The maximum Gasteiger partial charge on any atom is 0.305 e. The minimum absolute atomic E-state index is 0.0761. The molecule has 0 radical (unpaired) electrons. The predicted octanol–water partition coefficient (Wildman–Crippen LogP) is 3.67. The second kappa shape index (κ2) is 9.21. The molecular formula is C17H15ClN2O5S. The Morgan fingerprint density at radius 2 is 1.92 bits per heavy atom. The van der Waals surface area contributed by atoms with Crippen LogP contribution < -0.4 is 5.32 Å². The van der Waals surface area contributed by atoms with E-state index in [9.17, 15) is 19.7 Å². The molecule has 2 rings (SSSR count). The number of nitro benzene ring substituents is 1. The van der Waals surface area contributed by atoms with Crippen molar-refractivity contribution in [2.24, 2.45) is 0 Å². The summed E-state index contributed by atoms with van der Waals surface area (Å²) in [6.07, 6.45) is -0.442. The lowest BCUT2D eigenvalue weighted by Crippen LogP contribution is -2.31. The van der Waals surface area contributed by atoms with E-state index in [1.54, 1.807) is 0 Å². The highest BCUT2D eigenvalue weighted by Crippen LogP contribution is 2.29. The van der Waals surface area contributed by atoms with Crippen molar-refractivity contribution in [3.8, 4) is 0 Å².